The van der Waals surface area contributed by atoms with Crippen molar-refractivity contribution in [3.8, 4) is 0 Å². The molecule has 6 nitrogen and oxygen atoms in total. The van der Waals surface area contributed by atoms with E-state index in [1.165, 1.54) is 17.8 Å². The van der Waals surface area contributed by atoms with Gasteiger partial charge in [-0.3, -0.25) is 14.9 Å². The Bertz CT molecular complexity index is 854. The van der Waals surface area contributed by atoms with Crippen LogP contribution >= 0.6 is 11.8 Å². The molecule has 2 aromatic rings. The number of aryl methyl sites for hydroxylation is 1. The van der Waals surface area contributed by atoms with Crippen LogP contribution in [0.15, 0.2) is 52.3 Å². The minimum atomic E-state index is -0.427. The Labute approximate surface area is 162 Å². The van der Waals surface area contributed by atoms with Crippen LogP contribution in [0, 0.1) is 23.0 Å². The molecule has 2 aromatic carbocycles. The number of nitrogens with zero attached hydrogens (tertiary/aromatic N) is 2. The number of carbonyl (C=O) groups excluding carboxylic acids is 1. The highest BCUT2D eigenvalue weighted by Crippen LogP contribution is 2.36. The Morgan fingerprint density at radius 1 is 1.30 bits per heavy atom. The summed E-state index contributed by atoms with van der Waals surface area (Å²) in [5, 5.41) is 11.6. The number of carbonyl (C=O) groups is 1. The number of amides is 1. The maximum absolute atomic E-state index is 12.9. The van der Waals surface area contributed by atoms with Gasteiger partial charge in [-0.15, -0.1) is 0 Å². The van der Waals surface area contributed by atoms with Crippen molar-refractivity contribution in [2.24, 2.45) is 11.7 Å². The molecule has 0 bridgehead atoms. The second kappa shape index (κ2) is 8.10. The number of hydrogen-bond donors (Lipinski definition) is 1. The summed E-state index contributed by atoms with van der Waals surface area (Å²) in [7, 11) is 0. The predicted octanol–water partition coefficient (Wildman–Crippen LogP) is 3.86. The van der Waals surface area contributed by atoms with Crippen LogP contribution in [0.1, 0.15) is 29.3 Å². The number of nitrogens with two attached hydrogens (primary N) is 1. The van der Waals surface area contributed by atoms with Crippen molar-refractivity contribution in [3.63, 3.8) is 0 Å². The molecule has 2 atom stereocenters. The van der Waals surface area contributed by atoms with Crippen molar-refractivity contribution in [2.45, 2.75) is 36.1 Å². The first-order valence-corrected chi connectivity index (χ1v) is 9.74. The van der Waals surface area contributed by atoms with Crippen molar-refractivity contribution in [1.29, 1.82) is 0 Å². The van der Waals surface area contributed by atoms with Crippen LogP contribution in [-0.4, -0.2) is 34.9 Å². The lowest BCUT2D eigenvalue weighted by Crippen LogP contribution is -2.34. The van der Waals surface area contributed by atoms with Crippen molar-refractivity contribution in [2.75, 3.05) is 13.1 Å². The summed E-state index contributed by atoms with van der Waals surface area (Å²) < 4.78 is 0. The summed E-state index contributed by atoms with van der Waals surface area (Å²) in [4.78, 5) is 27.2. The summed E-state index contributed by atoms with van der Waals surface area (Å²) in [5.74, 6) is 0.115. The van der Waals surface area contributed by atoms with E-state index in [4.69, 9.17) is 5.73 Å². The van der Waals surface area contributed by atoms with Gasteiger partial charge in [0.05, 0.1) is 9.82 Å². The molecule has 0 saturated carbocycles. The molecular formula is C20H23N3O3S. The summed E-state index contributed by atoms with van der Waals surface area (Å²) in [5.41, 5.74) is 7.16. The minimum absolute atomic E-state index is 0.0475. The quantitative estimate of drug-likeness (QED) is 0.623. The highest BCUT2D eigenvalue weighted by Gasteiger charge is 2.32. The molecule has 1 aliphatic heterocycles. The maximum Gasteiger partial charge on any atom is 0.284 e. The summed E-state index contributed by atoms with van der Waals surface area (Å²) in [6, 6.07) is 12.6. The molecule has 2 unspecified atom stereocenters. The second-order valence-electron chi connectivity index (χ2n) is 7.00. The van der Waals surface area contributed by atoms with Crippen LogP contribution in [0.2, 0.25) is 0 Å². The van der Waals surface area contributed by atoms with E-state index in [1.807, 2.05) is 38.1 Å². The number of rotatable bonds is 5. The molecule has 0 aliphatic carbocycles. The molecule has 7 heteroatoms. The van der Waals surface area contributed by atoms with E-state index in [0.29, 0.717) is 23.5 Å². The molecule has 0 spiro atoms. The third-order valence-corrected chi connectivity index (χ3v) is 5.98. The first kappa shape index (κ1) is 19.4. The highest BCUT2D eigenvalue weighted by atomic mass is 32.2. The van der Waals surface area contributed by atoms with Crippen LogP contribution < -0.4 is 5.73 Å². The van der Waals surface area contributed by atoms with Gasteiger partial charge in [-0.25, -0.2) is 0 Å². The van der Waals surface area contributed by atoms with E-state index in [2.05, 4.69) is 0 Å². The van der Waals surface area contributed by atoms with Crippen molar-refractivity contribution >= 4 is 23.4 Å². The van der Waals surface area contributed by atoms with E-state index < -0.39 is 4.92 Å². The van der Waals surface area contributed by atoms with Crippen LogP contribution in [0.4, 0.5) is 5.69 Å². The highest BCUT2D eigenvalue weighted by molar-refractivity contribution is 7.99. The van der Waals surface area contributed by atoms with Gasteiger partial charge in [0.2, 0.25) is 0 Å². The molecule has 142 valence electrons. The molecule has 1 saturated heterocycles. The fourth-order valence-corrected chi connectivity index (χ4v) is 4.27. The van der Waals surface area contributed by atoms with Gasteiger partial charge in [0, 0.05) is 29.1 Å². The van der Waals surface area contributed by atoms with Gasteiger partial charge in [-0.1, -0.05) is 29.5 Å². The fraction of sp³-hybridized carbons (Fsp3) is 0.350. The molecule has 2 N–H and O–H groups in total. The average molecular weight is 385 g/mol. The zero-order valence-corrected chi connectivity index (χ0v) is 16.2. The standard InChI is InChI=1S/C20H23N3O3S/c1-13-3-6-17(7-4-13)27-19-8-5-16(10-18(19)23(25)26)20(24)22-12-15(11-21)9-14(22)2/h3-8,10,14-15H,9,11-12,21H2,1-2H3. The lowest BCUT2D eigenvalue weighted by Gasteiger charge is -2.21. The fourth-order valence-electron chi connectivity index (χ4n) is 3.37. The number of nitro benzene ring substituents is 1. The lowest BCUT2D eigenvalue weighted by atomic mass is 10.1. The minimum Gasteiger partial charge on any atom is -0.336 e. The monoisotopic (exact) mass is 385 g/mol. The molecule has 1 heterocycles. The van der Waals surface area contributed by atoms with E-state index in [9.17, 15) is 14.9 Å². The second-order valence-corrected chi connectivity index (χ2v) is 8.11. The molecular weight excluding hydrogens is 362 g/mol. The van der Waals surface area contributed by atoms with Crippen LogP contribution in [0.3, 0.4) is 0 Å². The molecule has 3 rings (SSSR count). The smallest absolute Gasteiger partial charge is 0.284 e. The average Bonchev–Trinajstić information content (AvgIpc) is 3.04. The topological polar surface area (TPSA) is 89.5 Å². The first-order valence-electron chi connectivity index (χ1n) is 8.93. The van der Waals surface area contributed by atoms with Gasteiger partial charge in [-0.05, 0) is 57.0 Å². The van der Waals surface area contributed by atoms with Gasteiger partial charge < -0.3 is 10.6 Å². The third kappa shape index (κ3) is 4.31. The lowest BCUT2D eigenvalue weighted by molar-refractivity contribution is -0.387. The van der Waals surface area contributed by atoms with Crippen molar-refractivity contribution < 1.29 is 9.72 Å². The van der Waals surface area contributed by atoms with Gasteiger partial charge in [0.15, 0.2) is 0 Å². The summed E-state index contributed by atoms with van der Waals surface area (Å²) in [6.45, 7) is 5.13. The Morgan fingerprint density at radius 2 is 2.00 bits per heavy atom. The largest absolute Gasteiger partial charge is 0.336 e. The van der Waals surface area contributed by atoms with E-state index in [-0.39, 0.29) is 23.6 Å². The van der Waals surface area contributed by atoms with Gasteiger partial charge in [0.1, 0.15) is 0 Å². The van der Waals surface area contributed by atoms with Gasteiger partial charge in [-0.2, -0.15) is 0 Å². The molecule has 1 amide bonds. The Hall–Kier alpha value is -2.38. The number of hydrogen-bond acceptors (Lipinski definition) is 5. The molecule has 1 fully saturated rings. The Morgan fingerprint density at radius 3 is 2.59 bits per heavy atom. The SMILES string of the molecule is Cc1ccc(Sc2ccc(C(=O)N3CC(CN)CC3C)cc2[N+](=O)[O-])cc1. The van der Waals surface area contributed by atoms with Gasteiger partial charge in [0.25, 0.3) is 11.6 Å². The van der Waals surface area contributed by atoms with E-state index in [0.717, 1.165) is 16.9 Å². The zero-order valence-electron chi connectivity index (χ0n) is 15.4. The van der Waals surface area contributed by atoms with Crippen LogP contribution in [0.25, 0.3) is 0 Å². The number of nitro groups is 1. The van der Waals surface area contributed by atoms with E-state index in [1.54, 1.807) is 17.0 Å². The van der Waals surface area contributed by atoms with Crippen molar-refractivity contribution in [3.05, 3.63) is 63.7 Å². The van der Waals surface area contributed by atoms with E-state index >= 15 is 0 Å². The summed E-state index contributed by atoms with van der Waals surface area (Å²) >= 11 is 1.33. The predicted molar refractivity (Wildman–Crippen MR) is 106 cm³/mol. The molecule has 0 radical (unpaired) electrons. The van der Waals surface area contributed by atoms with Crippen LogP contribution in [0.5, 0.6) is 0 Å². The molecule has 27 heavy (non-hydrogen) atoms. The Kier molecular flexibility index (Phi) is 5.82. The molecule has 1 aliphatic rings. The van der Waals surface area contributed by atoms with Crippen molar-refractivity contribution in [1.82, 2.24) is 4.90 Å². The number of likely N-dealkylation sites (tertiary alicyclic amines) is 1. The van der Waals surface area contributed by atoms with Gasteiger partial charge >= 0.3 is 0 Å². The molecule has 0 aromatic heterocycles. The first-order chi connectivity index (χ1) is 12.9. The number of benzene rings is 2. The maximum atomic E-state index is 12.9. The summed E-state index contributed by atoms with van der Waals surface area (Å²) in [6.07, 6.45) is 0.867. The van der Waals surface area contributed by atoms with Crippen LogP contribution in [-0.2, 0) is 0 Å². The zero-order chi connectivity index (χ0) is 19.6. The Balaban J connectivity index is 1.86. The normalized spacial score (nSPS) is 19.3. The third-order valence-electron chi connectivity index (χ3n) is 4.91.